The van der Waals surface area contributed by atoms with Crippen LogP contribution in [-0.4, -0.2) is 28.8 Å². The first-order valence-electron chi connectivity index (χ1n) is 6.65. The quantitative estimate of drug-likeness (QED) is 0.929. The third kappa shape index (κ3) is 2.36. The lowest BCUT2D eigenvalue weighted by atomic mass is 10.0. The number of rotatable bonds is 3. The van der Waals surface area contributed by atoms with Gasteiger partial charge in [-0.1, -0.05) is 12.1 Å². The zero-order valence-corrected chi connectivity index (χ0v) is 11.7. The summed E-state index contributed by atoms with van der Waals surface area (Å²) in [6.07, 6.45) is 1.74. The molecule has 1 unspecified atom stereocenters. The molecule has 0 amide bonds. The number of benzene rings is 1. The molecule has 0 saturated heterocycles. The summed E-state index contributed by atoms with van der Waals surface area (Å²) in [5.74, 6) is 2.25. The SMILES string of the molecule is Cc1ncc(CN2CC(C)(CO)Oc3ccccc32)o1. The predicted molar refractivity (Wildman–Crippen MR) is 74.9 cm³/mol. The van der Waals surface area contributed by atoms with Gasteiger partial charge in [-0.3, -0.25) is 0 Å². The zero-order chi connectivity index (χ0) is 14.2. The molecule has 0 saturated carbocycles. The summed E-state index contributed by atoms with van der Waals surface area (Å²) in [5, 5.41) is 9.58. The van der Waals surface area contributed by atoms with Crippen molar-refractivity contribution >= 4 is 5.69 Å². The molecule has 2 heterocycles. The van der Waals surface area contributed by atoms with E-state index >= 15 is 0 Å². The lowest BCUT2D eigenvalue weighted by molar-refractivity contribution is 0.0232. The van der Waals surface area contributed by atoms with E-state index in [2.05, 4.69) is 9.88 Å². The summed E-state index contributed by atoms with van der Waals surface area (Å²) in [5.41, 5.74) is 0.399. The molecule has 1 aliphatic rings. The Labute approximate surface area is 117 Å². The minimum Gasteiger partial charge on any atom is -0.481 e. The van der Waals surface area contributed by atoms with Crippen LogP contribution in [0.25, 0.3) is 0 Å². The second-order valence-corrected chi connectivity index (χ2v) is 5.38. The molecule has 0 radical (unpaired) electrons. The standard InChI is InChI=1S/C15H18N2O3/c1-11-16-7-12(19-11)8-17-9-15(2,10-18)20-14-6-4-3-5-13(14)17/h3-7,18H,8-10H2,1-2H3. The van der Waals surface area contributed by atoms with Crippen molar-refractivity contribution in [2.24, 2.45) is 0 Å². The van der Waals surface area contributed by atoms with Gasteiger partial charge in [0.2, 0.25) is 0 Å². The van der Waals surface area contributed by atoms with Crippen LogP contribution >= 0.6 is 0 Å². The number of hydrogen-bond donors (Lipinski definition) is 1. The second kappa shape index (κ2) is 4.83. The van der Waals surface area contributed by atoms with Gasteiger partial charge in [-0.25, -0.2) is 4.98 Å². The van der Waals surface area contributed by atoms with Crippen molar-refractivity contribution in [3.8, 4) is 5.75 Å². The molecule has 0 aliphatic carbocycles. The summed E-state index contributed by atoms with van der Waals surface area (Å²) in [4.78, 5) is 6.27. The van der Waals surface area contributed by atoms with E-state index in [9.17, 15) is 5.11 Å². The van der Waals surface area contributed by atoms with Gasteiger partial charge in [-0.15, -0.1) is 0 Å². The van der Waals surface area contributed by atoms with Gasteiger partial charge in [0.15, 0.2) is 5.89 Å². The van der Waals surface area contributed by atoms with E-state index in [1.165, 1.54) is 0 Å². The van der Waals surface area contributed by atoms with E-state index < -0.39 is 5.60 Å². The van der Waals surface area contributed by atoms with Gasteiger partial charge in [-0.2, -0.15) is 0 Å². The molecule has 5 nitrogen and oxygen atoms in total. The summed E-state index contributed by atoms with van der Waals surface area (Å²) >= 11 is 0. The van der Waals surface area contributed by atoms with Crippen LogP contribution in [0.15, 0.2) is 34.9 Å². The highest BCUT2D eigenvalue weighted by atomic mass is 16.5. The Balaban J connectivity index is 1.92. The van der Waals surface area contributed by atoms with Gasteiger partial charge in [0.1, 0.15) is 17.1 Å². The molecule has 1 atom stereocenters. The van der Waals surface area contributed by atoms with Crippen LogP contribution in [-0.2, 0) is 6.54 Å². The van der Waals surface area contributed by atoms with E-state index in [0.29, 0.717) is 19.0 Å². The van der Waals surface area contributed by atoms with Crippen molar-refractivity contribution in [3.63, 3.8) is 0 Å². The number of aliphatic hydroxyl groups excluding tert-OH is 1. The fourth-order valence-electron chi connectivity index (χ4n) is 2.48. The Hall–Kier alpha value is -2.01. The van der Waals surface area contributed by atoms with Crippen molar-refractivity contribution in [2.75, 3.05) is 18.1 Å². The van der Waals surface area contributed by atoms with Crippen LogP contribution < -0.4 is 9.64 Å². The van der Waals surface area contributed by atoms with E-state index in [0.717, 1.165) is 17.2 Å². The first-order chi connectivity index (χ1) is 9.59. The van der Waals surface area contributed by atoms with Crippen LogP contribution in [0.2, 0.25) is 0 Å². The first kappa shape index (κ1) is 13.0. The normalized spacial score (nSPS) is 21.4. The maximum atomic E-state index is 9.58. The Morgan fingerprint density at radius 2 is 2.20 bits per heavy atom. The molecule has 0 spiro atoms. The van der Waals surface area contributed by atoms with Crippen molar-refractivity contribution in [1.82, 2.24) is 4.98 Å². The topological polar surface area (TPSA) is 58.7 Å². The average molecular weight is 274 g/mol. The number of oxazole rings is 1. The highest BCUT2D eigenvalue weighted by Gasteiger charge is 2.35. The lowest BCUT2D eigenvalue weighted by Gasteiger charge is -2.41. The van der Waals surface area contributed by atoms with Crippen molar-refractivity contribution in [2.45, 2.75) is 26.0 Å². The Morgan fingerprint density at radius 3 is 2.90 bits per heavy atom. The molecule has 20 heavy (non-hydrogen) atoms. The summed E-state index contributed by atoms with van der Waals surface area (Å²) in [6, 6.07) is 7.83. The van der Waals surface area contributed by atoms with Crippen LogP contribution in [0.3, 0.4) is 0 Å². The number of anilines is 1. The second-order valence-electron chi connectivity index (χ2n) is 5.38. The minimum atomic E-state index is -0.608. The molecule has 1 aliphatic heterocycles. The maximum absolute atomic E-state index is 9.58. The smallest absolute Gasteiger partial charge is 0.191 e. The molecule has 0 bridgehead atoms. The zero-order valence-electron chi connectivity index (χ0n) is 11.7. The van der Waals surface area contributed by atoms with Crippen LogP contribution in [0.5, 0.6) is 5.75 Å². The van der Waals surface area contributed by atoms with Gasteiger partial charge in [-0.05, 0) is 19.1 Å². The number of aryl methyl sites for hydroxylation is 1. The fourth-order valence-corrected chi connectivity index (χ4v) is 2.48. The molecule has 1 aromatic heterocycles. The largest absolute Gasteiger partial charge is 0.481 e. The van der Waals surface area contributed by atoms with Crippen LogP contribution in [0.4, 0.5) is 5.69 Å². The molecule has 106 valence electrons. The Kier molecular flexibility index (Phi) is 3.14. The van der Waals surface area contributed by atoms with Gasteiger partial charge >= 0.3 is 0 Å². The monoisotopic (exact) mass is 274 g/mol. The molecule has 1 N–H and O–H groups in total. The number of ether oxygens (including phenoxy) is 1. The van der Waals surface area contributed by atoms with Crippen LogP contribution in [0, 0.1) is 6.92 Å². The molecule has 2 aromatic rings. The number of aromatic nitrogens is 1. The van der Waals surface area contributed by atoms with Crippen LogP contribution in [0.1, 0.15) is 18.6 Å². The number of nitrogens with zero attached hydrogens (tertiary/aromatic N) is 2. The molecular weight excluding hydrogens is 256 g/mol. The average Bonchev–Trinajstić information content (AvgIpc) is 2.84. The van der Waals surface area contributed by atoms with Crippen molar-refractivity contribution in [1.29, 1.82) is 0 Å². The number of para-hydroxylation sites is 2. The van der Waals surface area contributed by atoms with E-state index in [1.807, 2.05) is 38.1 Å². The molecule has 1 aromatic carbocycles. The molecule has 5 heteroatoms. The summed E-state index contributed by atoms with van der Waals surface area (Å²) < 4.78 is 11.5. The van der Waals surface area contributed by atoms with Gasteiger partial charge in [0.25, 0.3) is 0 Å². The fraction of sp³-hybridized carbons (Fsp3) is 0.400. The Morgan fingerprint density at radius 1 is 1.40 bits per heavy atom. The minimum absolute atomic E-state index is 0.0345. The highest BCUT2D eigenvalue weighted by molar-refractivity contribution is 5.60. The molecular formula is C15H18N2O3. The van der Waals surface area contributed by atoms with Gasteiger partial charge < -0.3 is 19.2 Å². The number of fused-ring (bicyclic) bond motifs is 1. The Bertz CT molecular complexity index is 611. The van der Waals surface area contributed by atoms with E-state index in [-0.39, 0.29) is 6.61 Å². The first-order valence-corrected chi connectivity index (χ1v) is 6.65. The van der Waals surface area contributed by atoms with E-state index in [1.54, 1.807) is 6.20 Å². The maximum Gasteiger partial charge on any atom is 0.191 e. The predicted octanol–water partition coefficient (Wildman–Crippen LogP) is 2.13. The number of aliphatic hydroxyl groups is 1. The highest BCUT2D eigenvalue weighted by Crippen LogP contribution is 2.37. The van der Waals surface area contributed by atoms with Crippen molar-refractivity contribution in [3.05, 3.63) is 42.1 Å². The number of hydrogen-bond acceptors (Lipinski definition) is 5. The third-order valence-electron chi connectivity index (χ3n) is 3.44. The van der Waals surface area contributed by atoms with Gasteiger partial charge in [0, 0.05) is 6.92 Å². The lowest BCUT2D eigenvalue weighted by Crippen LogP contribution is -2.51. The van der Waals surface area contributed by atoms with Crippen molar-refractivity contribution < 1.29 is 14.3 Å². The summed E-state index contributed by atoms with van der Waals surface area (Å²) in [7, 11) is 0. The van der Waals surface area contributed by atoms with Gasteiger partial charge in [0.05, 0.1) is 31.6 Å². The van der Waals surface area contributed by atoms with E-state index in [4.69, 9.17) is 9.15 Å². The summed E-state index contributed by atoms with van der Waals surface area (Å²) in [6.45, 7) is 4.90. The molecule has 3 rings (SSSR count). The third-order valence-corrected chi connectivity index (χ3v) is 3.44. The molecule has 0 fully saturated rings.